The molecule has 0 rings (SSSR count). The summed E-state index contributed by atoms with van der Waals surface area (Å²) >= 11 is 0. The molecule has 0 heterocycles. The van der Waals surface area contributed by atoms with Crippen LogP contribution in [0, 0.1) is 0 Å². The van der Waals surface area contributed by atoms with E-state index in [4.69, 9.17) is 4.74 Å². The maximum Gasteiger partial charge on any atom is 0.305 e. The summed E-state index contributed by atoms with van der Waals surface area (Å²) in [5, 5.41) is 23.3. The Labute approximate surface area is 462 Å². The highest BCUT2D eigenvalue weighted by Crippen LogP contribution is 2.19. The first kappa shape index (κ1) is 72.3. The zero-order valence-corrected chi connectivity index (χ0v) is 50.1. The molecule has 6 heteroatoms. The standard InChI is InChI=1S/C68H131NO5/c1-3-5-7-9-11-13-15-17-18-33-37-40-44-48-52-56-60-66(71)65(64-70)69-67(72)61-57-53-49-45-41-38-34-31-29-27-25-23-21-19-20-22-24-26-28-30-32-35-39-43-47-51-55-59-63-74-68(73)62-58-54-50-46-42-36-16-14-12-10-8-6-4-2/h8,10,14,16,65-66,70-71H,3-7,9,11-13,15,17-64H2,1-2H3,(H,69,72)/b10-8-,16-14-. The number of aliphatic hydroxyl groups excluding tert-OH is 2. The molecule has 0 aliphatic heterocycles. The van der Waals surface area contributed by atoms with Gasteiger partial charge >= 0.3 is 5.97 Å². The van der Waals surface area contributed by atoms with Crippen LogP contribution in [0.15, 0.2) is 24.3 Å². The first-order chi connectivity index (χ1) is 36.5. The summed E-state index contributed by atoms with van der Waals surface area (Å²) in [4.78, 5) is 24.5. The van der Waals surface area contributed by atoms with Crippen molar-refractivity contribution in [3.63, 3.8) is 0 Å². The van der Waals surface area contributed by atoms with Gasteiger partial charge in [-0.2, -0.15) is 0 Å². The van der Waals surface area contributed by atoms with Gasteiger partial charge in [0.15, 0.2) is 0 Å². The van der Waals surface area contributed by atoms with Gasteiger partial charge in [0, 0.05) is 12.8 Å². The summed E-state index contributed by atoms with van der Waals surface area (Å²) in [6.45, 7) is 4.91. The fourth-order valence-electron chi connectivity index (χ4n) is 10.6. The van der Waals surface area contributed by atoms with Crippen LogP contribution in [0.3, 0.4) is 0 Å². The van der Waals surface area contributed by atoms with Crippen LogP contribution < -0.4 is 5.32 Å². The molecule has 6 nitrogen and oxygen atoms in total. The van der Waals surface area contributed by atoms with Crippen molar-refractivity contribution in [3.8, 4) is 0 Å². The number of aliphatic hydroxyl groups is 2. The van der Waals surface area contributed by atoms with Crippen LogP contribution in [0.2, 0.25) is 0 Å². The SMILES string of the molecule is CCC/C=C\C/C=C\CCCCCCCC(=O)OCCCCCCCCCCCCCCCCCCCCCCCCCCCCCCC(=O)NC(CO)C(O)CCCCCCCCCCCCCCCCCC. The van der Waals surface area contributed by atoms with Gasteiger partial charge in [0.05, 0.1) is 25.4 Å². The lowest BCUT2D eigenvalue weighted by molar-refractivity contribution is -0.143. The van der Waals surface area contributed by atoms with Crippen LogP contribution in [0.25, 0.3) is 0 Å². The summed E-state index contributed by atoms with van der Waals surface area (Å²) in [6.07, 6.45) is 79.3. The third kappa shape index (κ3) is 59.6. The zero-order valence-electron chi connectivity index (χ0n) is 50.1. The molecule has 0 aromatic rings. The molecule has 438 valence electrons. The highest BCUT2D eigenvalue weighted by atomic mass is 16.5. The molecule has 0 spiro atoms. The molecule has 0 bridgehead atoms. The van der Waals surface area contributed by atoms with Crippen molar-refractivity contribution in [1.29, 1.82) is 0 Å². The normalized spacial score (nSPS) is 12.6. The number of nitrogens with one attached hydrogen (secondary N) is 1. The molecule has 0 aliphatic rings. The van der Waals surface area contributed by atoms with Gasteiger partial charge in [-0.15, -0.1) is 0 Å². The Kier molecular flexibility index (Phi) is 62.4. The van der Waals surface area contributed by atoms with Crippen molar-refractivity contribution >= 4 is 11.9 Å². The molecule has 1 amide bonds. The molecule has 0 saturated heterocycles. The zero-order chi connectivity index (χ0) is 53.6. The third-order valence-electron chi connectivity index (χ3n) is 15.7. The highest BCUT2D eigenvalue weighted by Gasteiger charge is 2.20. The van der Waals surface area contributed by atoms with E-state index in [2.05, 4.69) is 43.5 Å². The number of allylic oxidation sites excluding steroid dienone is 4. The monoisotopic (exact) mass is 1040 g/mol. The number of carbonyl (C=O) groups is 2. The fourth-order valence-corrected chi connectivity index (χ4v) is 10.6. The van der Waals surface area contributed by atoms with Gasteiger partial charge in [-0.1, -0.05) is 334 Å². The van der Waals surface area contributed by atoms with Crippen molar-refractivity contribution in [1.82, 2.24) is 5.32 Å². The van der Waals surface area contributed by atoms with Crippen LogP contribution in [0.1, 0.15) is 373 Å². The number of hydrogen-bond acceptors (Lipinski definition) is 5. The smallest absolute Gasteiger partial charge is 0.305 e. The Morgan fingerprint density at radius 2 is 0.703 bits per heavy atom. The average molecular weight is 1040 g/mol. The van der Waals surface area contributed by atoms with Crippen LogP contribution in [0.5, 0.6) is 0 Å². The summed E-state index contributed by atoms with van der Waals surface area (Å²) in [7, 11) is 0. The molecule has 0 fully saturated rings. The third-order valence-corrected chi connectivity index (χ3v) is 15.7. The summed E-state index contributed by atoms with van der Waals surface area (Å²) in [6, 6.07) is -0.539. The Morgan fingerprint density at radius 1 is 0.378 bits per heavy atom. The van der Waals surface area contributed by atoms with Crippen LogP contribution >= 0.6 is 0 Å². The molecule has 0 saturated carbocycles. The molecular weight excluding hydrogens is 911 g/mol. The van der Waals surface area contributed by atoms with E-state index in [1.807, 2.05) is 0 Å². The molecule has 2 atom stereocenters. The number of unbranched alkanes of at least 4 members (excludes halogenated alkanes) is 48. The van der Waals surface area contributed by atoms with Gasteiger partial charge in [0.2, 0.25) is 5.91 Å². The van der Waals surface area contributed by atoms with Crippen molar-refractivity contribution in [2.24, 2.45) is 0 Å². The number of hydrogen-bond donors (Lipinski definition) is 3. The quantitative estimate of drug-likeness (QED) is 0.0320. The number of ether oxygens (including phenoxy) is 1. The first-order valence-electron chi connectivity index (χ1n) is 33.6. The molecule has 2 unspecified atom stereocenters. The van der Waals surface area contributed by atoms with Gasteiger partial charge in [-0.3, -0.25) is 9.59 Å². The minimum Gasteiger partial charge on any atom is -0.466 e. The van der Waals surface area contributed by atoms with Gasteiger partial charge in [-0.05, 0) is 51.4 Å². The molecule has 0 aromatic heterocycles. The molecule has 74 heavy (non-hydrogen) atoms. The molecule has 0 radical (unpaired) electrons. The van der Waals surface area contributed by atoms with E-state index in [0.29, 0.717) is 25.9 Å². The van der Waals surface area contributed by atoms with E-state index in [1.54, 1.807) is 0 Å². The van der Waals surface area contributed by atoms with Gasteiger partial charge in [0.25, 0.3) is 0 Å². The Morgan fingerprint density at radius 3 is 1.08 bits per heavy atom. The molecule has 3 N–H and O–H groups in total. The predicted molar refractivity (Wildman–Crippen MR) is 324 cm³/mol. The Balaban J connectivity index is 3.34. The predicted octanol–water partition coefficient (Wildman–Crippen LogP) is 21.4. The second-order valence-corrected chi connectivity index (χ2v) is 23.2. The van der Waals surface area contributed by atoms with Crippen molar-refractivity contribution < 1.29 is 24.5 Å². The lowest BCUT2D eigenvalue weighted by Crippen LogP contribution is -2.45. The maximum atomic E-state index is 12.5. The van der Waals surface area contributed by atoms with E-state index < -0.39 is 12.1 Å². The average Bonchev–Trinajstić information content (AvgIpc) is 3.40. The topological polar surface area (TPSA) is 95.9 Å². The molecule has 0 aliphatic carbocycles. The lowest BCUT2D eigenvalue weighted by Gasteiger charge is -2.22. The van der Waals surface area contributed by atoms with Crippen LogP contribution in [-0.2, 0) is 14.3 Å². The van der Waals surface area contributed by atoms with E-state index >= 15 is 0 Å². The highest BCUT2D eigenvalue weighted by molar-refractivity contribution is 5.76. The lowest BCUT2D eigenvalue weighted by atomic mass is 10.0. The number of esters is 1. The van der Waals surface area contributed by atoms with E-state index in [-0.39, 0.29) is 18.5 Å². The minimum absolute atomic E-state index is 0.00386. The second-order valence-electron chi connectivity index (χ2n) is 23.2. The van der Waals surface area contributed by atoms with Gasteiger partial charge in [0.1, 0.15) is 0 Å². The maximum absolute atomic E-state index is 12.5. The number of carbonyl (C=O) groups excluding carboxylic acids is 2. The number of rotatable bonds is 63. The summed E-state index contributed by atoms with van der Waals surface area (Å²) in [5.41, 5.74) is 0. The Hall–Kier alpha value is -1.66. The Bertz CT molecular complexity index is 1150. The van der Waals surface area contributed by atoms with E-state index in [9.17, 15) is 19.8 Å². The van der Waals surface area contributed by atoms with Gasteiger partial charge < -0.3 is 20.3 Å². The summed E-state index contributed by atoms with van der Waals surface area (Å²) in [5.74, 6) is -0.0250. The summed E-state index contributed by atoms with van der Waals surface area (Å²) < 4.78 is 5.47. The first-order valence-corrected chi connectivity index (χ1v) is 33.6. The fraction of sp³-hybridized carbons (Fsp3) is 0.912. The van der Waals surface area contributed by atoms with Crippen LogP contribution in [0.4, 0.5) is 0 Å². The minimum atomic E-state index is -0.662. The van der Waals surface area contributed by atoms with Crippen LogP contribution in [-0.4, -0.2) is 47.4 Å². The second kappa shape index (κ2) is 63.9. The number of amides is 1. The van der Waals surface area contributed by atoms with Crippen molar-refractivity contribution in [2.75, 3.05) is 13.2 Å². The van der Waals surface area contributed by atoms with E-state index in [1.165, 1.54) is 289 Å². The largest absolute Gasteiger partial charge is 0.466 e. The van der Waals surface area contributed by atoms with Crippen molar-refractivity contribution in [2.45, 2.75) is 386 Å². The van der Waals surface area contributed by atoms with Gasteiger partial charge in [-0.25, -0.2) is 0 Å². The van der Waals surface area contributed by atoms with Crippen molar-refractivity contribution in [3.05, 3.63) is 24.3 Å². The van der Waals surface area contributed by atoms with E-state index in [0.717, 1.165) is 51.4 Å². The molecular formula is C68H131NO5. The molecule has 0 aromatic carbocycles.